The third-order valence-electron chi connectivity index (χ3n) is 6.40. The van der Waals surface area contributed by atoms with Gasteiger partial charge in [0.15, 0.2) is 6.61 Å². The summed E-state index contributed by atoms with van der Waals surface area (Å²) in [5.74, 6) is 0.366. The number of nitrogens with one attached hydrogen (secondary N) is 1. The first-order valence-corrected chi connectivity index (χ1v) is 14.1. The van der Waals surface area contributed by atoms with Crippen molar-refractivity contribution in [3.05, 3.63) is 112 Å². The quantitative estimate of drug-likeness (QED) is 0.199. The Morgan fingerprint density at radius 1 is 0.897 bits per heavy atom. The van der Waals surface area contributed by atoms with Crippen LogP contribution in [-0.2, 0) is 22.6 Å². The minimum atomic E-state index is -0.724. The molecule has 0 saturated heterocycles. The monoisotopic (exact) mass is 606 g/mol. The summed E-state index contributed by atoms with van der Waals surface area (Å²) in [7, 11) is 0. The van der Waals surface area contributed by atoms with Gasteiger partial charge in [-0.25, -0.2) is 0 Å². The molecule has 0 aliphatic carbocycles. The second-order valence-electron chi connectivity index (χ2n) is 9.88. The number of ether oxygens (including phenoxy) is 1. The molecule has 39 heavy (non-hydrogen) atoms. The van der Waals surface area contributed by atoms with E-state index in [-0.39, 0.29) is 30.9 Å². The van der Waals surface area contributed by atoms with Crippen molar-refractivity contribution >= 4 is 50.1 Å². The van der Waals surface area contributed by atoms with Crippen molar-refractivity contribution in [1.82, 2.24) is 10.2 Å². The van der Waals surface area contributed by atoms with Gasteiger partial charge < -0.3 is 15.0 Å². The smallest absolute Gasteiger partial charge is 0.261 e. The molecule has 4 rings (SSSR count). The number of halogens is 2. The number of benzene rings is 4. The largest absolute Gasteiger partial charge is 0.483 e. The molecule has 0 heterocycles. The van der Waals surface area contributed by atoms with Gasteiger partial charge in [-0.05, 0) is 61.9 Å². The molecule has 0 aliphatic heterocycles. The second-order valence-corrected chi connectivity index (χ2v) is 11.1. The fraction of sp³-hybridized carbons (Fsp3) is 0.250. The van der Waals surface area contributed by atoms with Gasteiger partial charge in [0, 0.05) is 24.5 Å². The van der Waals surface area contributed by atoms with Crippen LogP contribution in [0.15, 0.2) is 95.5 Å². The van der Waals surface area contributed by atoms with Crippen molar-refractivity contribution in [2.24, 2.45) is 5.92 Å². The Kier molecular flexibility index (Phi) is 10.0. The zero-order valence-corrected chi connectivity index (χ0v) is 24.4. The Bertz CT molecular complexity index is 1410. The summed E-state index contributed by atoms with van der Waals surface area (Å²) < 4.78 is 6.82. The molecule has 0 bridgehead atoms. The van der Waals surface area contributed by atoms with Crippen LogP contribution in [0, 0.1) is 5.92 Å². The van der Waals surface area contributed by atoms with Gasteiger partial charge >= 0.3 is 0 Å². The van der Waals surface area contributed by atoms with E-state index in [1.807, 2.05) is 92.7 Å². The fourth-order valence-electron chi connectivity index (χ4n) is 4.31. The first kappa shape index (κ1) is 28.7. The third-order valence-corrected chi connectivity index (χ3v) is 7.47. The van der Waals surface area contributed by atoms with Gasteiger partial charge in [0.1, 0.15) is 11.8 Å². The number of carbonyl (C=O) groups is 2. The molecule has 0 aromatic heterocycles. The number of carbonyl (C=O) groups excluding carboxylic acids is 2. The van der Waals surface area contributed by atoms with E-state index in [9.17, 15) is 9.59 Å². The predicted octanol–water partition coefficient (Wildman–Crippen LogP) is 7.05. The average Bonchev–Trinajstić information content (AvgIpc) is 2.94. The van der Waals surface area contributed by atoms with Crippen LogP contribution >= 0.6 is 27.5 Å². The van der Waals surface area contributed by atoms with Crippen LogP contribution in [0.3, 0.4) is 0 Å². The molecule has 0 aliphatic rings. The average molecular weight is 608 g/mol. The van der Waals surface area contributed by atoms with Gasteiger partial charge in [0.2, 0.25) is 5.91 Å². The van der Waals surface area contributed by atoms with Crippen LogP contribution in [0.2, 0.25) is 5.02 Å². The van der Waals surface area contributed by atoms with E-state index < -0.39 is 6.04 Å². The Hall–Kier alpha value is -3.35. The summed E-state index contributed by atoms with van der Waals surface area (Å²) in [5.41, 5.74) is 1.84. The molecule has 0 saturated carbocycles. The summed E-state index contributed by atoms with van der Waals surface area (Å²) in [6, 6.07) is 28.1. The number of fused-ring (bicyclic) bond motifs is 1. The zero-order chi connectivity index (χ0) is 27.8. The summed E-state index contributed by atoms with van der Waals surface area (Å²) in [6.45, 7) is 4.63. The highest BCUT2D eigenvalue weighted by atomic mass is 79.9. The van der Waals surface area contributed by atoms with E-state index in [1.165, 1.54) is 0 Å². The molecular weight excluding hydrogens is 576 g/mol. The summed E-state index contributed by atoms with van der Waals surface area (Å²) in [5, 5.41) is 5.70. The molecule has 202 valence electrons. The molecule has 1 unspecified atom stereocenters. The lowest BCUT2D eigenvalue weighted by molar-refractivity contribution is -0.142. The molecule has 1 N–H and O–H groups in total. The van der Waals surface area contributed by atoms with Gasteiger partial charge in [-0.2, -0.15) is 0 Å². The first-order valence-electron chi connectivity index (χ1n) is 13.0. The molecular formula is C32H32BrClN2O3. The standard InChI is InChI=1S/C32H32BrClN2O3/c1-22(2)19-35-32(38)28(18-23-8-4-3-5-9-23)36(20-24-12-15-26(34)16-13-24)30(37)21-39-29-17-14-25-10-6-7-11-27(25)31(29)33/h3-17,22,28H,18-21H2,1-2H3,(H,35,38). The Labute approximate surface area is 243 Å². The summed E-state index contributed by atoms with van der Waals surface area (Å²) in [6.07, 6.45) is 0.379. The molecule has 0 spiro atoms. The topological polar surface area (TPSA) is 58.6 Å². The van der Waals surface area contributed by atoms with Crippen molar-refractivity contribution in [3.8, 4) is 5.75 Å². The van der Waals surface area contributed by atoms with E-state index in [0.29, 0.717) is 23.7 Å². The van der Waals surface area contributed by atoms with Crippen molar-refractivity contribution in [2.45, 2.75) is 32.9 Å². The molecule has 7 heteroatoms. The number of amides is 2. The maximum atomic E-state index is 13.8. The molecule has 2 amide bonds. The number of rotatable bonds is 11. The normalized spacial score (nSPS) is 11.8. The van der Waals surface area contributed by atoms with E-state index >= 15 is 0 Å². The van der Waals surface area contributed by atoms with Crippen molar-refractivity contribution < 1.29 is 14.3 Å². The highest BCUT2D eigenvalue weighted by Crippen LogP contribution is 2.33. The molecule has 4 aromatic carbocycles. The lowest BCUT2D eigenvalue weighted by atomic mass is 10.0. The van der Waals surface area contributed by atoms with Gasteiger partial charge in [-0.3, -0.25) is 9.59 Å². The van der Waals surface area contributed by atoms with E-state index in [2.05, 4.69) is 21.2 Å². The van der Waals surface area contributed by atoms with Crippen molar-refractivity contribution in [1.29, 1.82) is 0 Å². The van der Waals surface area contributed by atoms with E-state index in [4.69, 9.17) is 16.3 Å². The SMILES string of the molecule is CC(C)CNC(=O)C(Cc1ccccc1)N(Cc1ccc(Cl)cc1)C(=O)COc1ccc2ccccc2c1Br. The lowest BCUT2D eigenvalue weighted by Gasteiger charge is -2.31. The first-order chi connectivity index (χ1) is 18.8. The van der Waals surface area contributed by atoms with Crippen molar-refractivity contribution in [3.63, 3.8) is 0 Å². The van der Waals surface area contributed by atoms with Gasteiger partial charge in [0.25, 0.3) is 5.91 Å². The molecule has 5 nitrogen and oxygen atoms in total. The summed E-state index contributed by atoms with van der Waals surface area (Å²) in [4.78, 5) is 29.0. The molecule has 0 radical (unpaired) electrons. The highest BCUT2D eigenvalue weighted by molar-refractivity contribution is 9.10. The maximum absolute atomic E-state index is 13.8. The van der Waals surface area contributed by atoms with Gasteiger partial charge in [0.05, 0.1) is 4.47 Å². The minimum absolute atomic E-state index is 0.193. The van der Waals surface area contributed by atoms with Gasteiger partial charge in [-0.15, -0.1) is 0 Å². The number of nitrogens with zero attached hydrogens (tertiary/aromatic N) is 1. The van der Waals surface area contributed by atoms with Crippen LogP contribution in [-0.4, -0.2) is 35.9 Å². The zero-order valence-electron chi connectivity index (χ0n) is 22.1. The van der Waals surface area contributed by atoms with Gasteiger partial charge in [-0.1, -0.05) is 98.2 Å². The van der Waals surface area contributed by atoms with E-state index in [1.54, 1.807) is 17.0 Å². The lowest BCUT2D eigenvalue weighted by Crippen LogP contribution is -2.52. The number of hydrogen-bond donors (Lipinski definition) is 1. The van der Waals surface area contributed by atoms with Crippen LogP contribution in [0.25, 0.3) is 10.8 Å². The van der Waals surface area contributed by atoms with Crippen molar-refractivity contribution in [2.75, 3.05) is 13.2 Å². The molecule has 1 atom stereocenters. The highest BCUT2D eigenvalue weighted by Gasteiger charge is 2.31. The van der Waals surface area contributed by atoms with Crippen LogP contribution < -0.4 is 10.1 Å². The Morgan fingerprint density at radius 2 is 1.59 bits per heavy atom. The summed E-state index contributed by atoms with van der Waals surface area (Å²) >= 11 is 9.74. The maximum Gasteiger partial charge on any atom is 0.261 e. The molecule has 4 aromatic rings. The van der Waals surface area contributed by atoms with Crippen LogP contribution in [0.4, 0.5) is 0 Å². The van der Waals surface area contributed by atoms with Crippen LogP contribution in [0.1, 0.15) is 25.0 Å². The Balaban J connectivity index is 1.63. The van der Waals surface area contributed by atoms with Crippen LogP contribution in [0.5, 0.6) is 5.75 Å². The third kappa shape index (κ3) is 7.84. The van der Waals surface area contributed by atoms with E-state index in [0.717, 1.165) is 26.4 Å². The Morgan fingerprint density at radius 3 is 2.31 bits per heavy atom. The minimum Gasteiger partial charge on any atom is -0.483 e. The predicted molar refractivity (Wildman–Crippen MR) is 161 cm³/mol. The molecule has 0 fully saturated rings. The number of hydrogen-bond acceptors (Lipinski definition) is 3. The second kappa shape index (κ2) is 13.6. The fourth-order valence-corrected chi connectivity index (χ4v) is 5.04.